The van der Waals surface area contributed by atoms with E-state index in [0.717, 1.165) is 41.1 Å². The van der Waals surface area contributed by atoms with Gasteiger partial charge in [-0.15, -0.1) is 0 Å². The van der Waals surface area contributed by atoms with Crippen LogP contribution in [-0.2, 0) is 4.79 Å². The Labute approximate surface area is 142 Å². The minimum absolute atomic E-state index is 0.0446. The summed E-state index contributed by atoms with van der Waals surface area (Å²) in [5.74, 6) is 0.0842. The molecule has 23 heavy (non-hydrogen) atoms. The average Bonchev–Trinajstić information content (AvgIpc) is 3.10. The Morgan fingerprint density at radius 1 is 1.22 bits per heavy atom. The SMILES string of the molecule is CC(NC(=O)C1CCCN1)c1ccccc1-c1ccc(Cl)cc1. The van der Waals surface area contributed by atoms with Crippen molar-refractivity contribution < 1.29 is 4.79 Å². The first-order valence-electron chi connectivity index (χ1n) is 8.04. The molecule has 3 rings (SSSR count). The lowest BCUT2D eigenvalue weighted by Crippen LogP contribution is -2.41. The molecule has 1 fully saturated rings. The molecule has 2 N–H and O–H groups in total. The molecule has 0 spiro atoms. The zero-order chi connectivity index (χ0) is 16.2. The predicted octanol–water partition coefficient (Wildman–Crippen LogP) is 3.94. The summed E-state index contributed by atoms with van der Waals surface area (Å²) in [6.45, 7) is 2.95. The Hall–Kier alpha value is -1.84. The maximum absolute atomic E-state index is 12.3. The van der Waals surface area contributed by atoms with Gasteiger partial charge in [0.15, 0.2) is 0 Å². The van der Waals surface area contributed by atoms with Crippen molar-refractivity contribution in [3.8, 4) is 11.1 Å². The fourth-order valence-corrected chi connectivity index (χ4v) is 3.19. The highest BCUT2D eigenvalue weighted by Gasteiger charge is 2.24. The molecule has 2 unspecified atom stereocenters. The minimum Gasteiger partial charge on any atom is -0.348 e. The molecule has 0 aromatic heterocycles. The maximum Gasteiger partial charge on any atom is 0.237 e. The fraction of sp³-hybridized carbons (Fsp3) is 0.316. The number of hydrogen-bond donors (Lipinski definition) is 2. The van der Waals surface area contributed by atoms with Crippen LogP contribution in [0.2, 0.25) is 5.02 Å². The van der Waals surface area contributed by atoms with Gasteiger partial charge in [-0.1, -0.05) is 48.0 Å². The number of hydrogen-bond acceptors (Lipinski definition) is 2. The Morgan fingerprint density at radius 3 is 2.65 bits per heavy atom. The molecule has 1 aliphatic heterocycles. The van der Waals surface area contributed by atoms with Crippen LogP contribution in [0.25, 0.3) is 11.1 Å². The molecule has 4 heteroatoms. The Bertz CT molecular complexity index is 678. The highest BCUT2D eigenvalue weighted by atomic mass is 35.5. The smallest absolute Gasteiger partial charge is 0.237 e. The molecule has 0 radical (unpaired) electrons. The number of amides is 1. The summed E-state index contributed by atoms with van der Waals surface area (Å²) in [7, 11) is 0. The van der Waals surface area contributed by atoms with E-state index in [2.05, 4.69) is 22.8 Å². The van der Waals surface area contributed by atoms with E-state index in [4.69, 9.17) is 11.6 Å². The second-order valence-corrected chi connectivity index (χ2v) is 6.41. The molecular weight excluding hydrogens is 308 g/mol. The van der Waals surface area contributed by atoms with Crippen LogP contribution in [0.5, 0.6) is 0 Å². The van der Waals surface area contributed by atoms with E-state index in [1.54, 1.807) is 0 Å². The van der Waals surface area contributed by atoms with E-state index in [1.165, 1.54) is 0 Å². The molecule has 2 aromatic rings. The third kappa shape index (κ3) is 3.74. The van der Waals surface area contributed by atoms with Gasteiger partial charge < -0.3 is 10.6 Å². The summed E-state index contributed by atoms with van der Waals surface area (Å²) >= 11 is 5.98. The number of benzene rings is 2. The van der Waals surface area contributed by atoms with Gasteiger partial charge in [-0.2, -0.15) is 0 Å². The van der Waals surface area contributed by atoms with Crippen molar-refractivity contribution in [3.63, 3.8) is 0 Å². The third-order valence-corrected chi connectivity index (χ3v) is 4.57. The van der Waals surface area contributed by atoms with Crippen molar-refractivity contribution in [1.29, 1.82) is 0 Å². The second kappa shape index (κ2) is 7.16. The zero-order valence-electron chi connectivity index (χ0n) is 13.2. The molecule has 0 aliphatic carbocycles. The lowest BCUT2D eigenvalue weighted by atomic mass is 9.95. The quantitative estimate of drug-likeness (QED) is 0.892. The number of rotatable bonds is 4. The van der Waals surface area contributed by atoms with E-state index >= 15 is 0 Å². The van der Waals surface area contributed by atoms with E-state index in [9.17, 15) is 4.79 Å². The Kier molecular flexibility index (Phi) is 4.99. The summed E-state index contributed by atoms with van der Waals surface area (Å²) < 4.78 is 0. The maximum atomic E-state index is 12.3. The average molecular weight is 329 g/mol. The zero-order valence-corrected chi connectivity index (χ0v) is 13.9. The third-order valence-electron chi connectivity index (χ3n) is 4.32. The predicted molar refractivity (Wildman–Crippen MR) is 94.5 cm³/mol. The van der Waals surface area contributed by atoms with Gasteiger partial charge in [-0.25, -0.2) is 0 Å². The molecule has 2 atom stereocenters. The standard InChI is InChI=1S/C19H21ClN2O/c1-13(22-19(23)18-7-4-12-21-18)16-5-2-3-6-17(16)14-8-10-15(20)11-9-14/h2-3,5-6,8-11,13,18,21H,4,7,12H2,1H3,(H,22,23). The number of halogens is 1. The van der Waals surface area contributed by atoms with Crippen LogP contribution >= 0.6 is 11.6 Å². The summed E-state index contributed by atoms with van der Waals surface area (Å²) in [4.78, 5) is 12.3. The van der Waals surface area contributed by atoms with Gasteiger partial charge in [-0.3, -0.25) is 4.79 Å². The number of carbonyl (C=O) groups excluding carboxylic acids is 1. The van der Waals surface area contributed by atoms with Crippen LogP contribution in [0.15, 0.2) is 48.5 Å². The molecule has 0 bridgehead atoms. The van der Waals surface area contributed by atoms with Gasteiger partial charge in [0.25, 0.3) is 0 Å². The topological polar surface area (TPSA) is 41.1 Å². The van der Waals surface area contributed by atoms with Gasteiger partial charge in [0.05, 0.1) is 12.1 Å². The van der Waals surface area contributed by atoms with Gasteiger partial charge in [0, 0.05) is 5.02 Å². The monoisotopic (exact) mass is 328 g/mol. The van der Waals surface area contributed by atoms with Crippen LogP contribution in [0.4, 0.5) is 0 Å². The summed E-state index contributed by atoms with van der Waals surface area (Å²) in [5.41, 5.74) is 3.34. The fourth-order valence-electron chi connectivity index (χ4n) is 3.07. The van der Waals surface area contributed by atoms with E-state index in [0.29, 0.717) is 0 Å². The van der Waals surface area contributed by atoms with Crippen LogP contribution in [0.3, 0.4) is 0 Å². The van der Waals surface area contributed by atoms with Gasteiger partial charge in [0.1, 0.15) is 0 Å². The lowest BCUT2D eigenvalue weighted by Gasteiger charge is -2.20. The van der Waals surface area contributed by atoms with Crippen molar-refractivity contribution >= 4 is 17.5 Å². The second-order valence-electron chi connectivity index (χ2n) is 5.97. The molecule has 120 valence electrons. The molecule has 1 heterocycles. The summed E-state index contributed by atoms with van der Waals surface area (Å²) in [6.07, 6.45) is 1.98. The van der Waals surface area contributed by atoms with Crippen molar-refractivity contribution in [2.45, 2.75) is 31.8 Å². The molecular formula is C19H21ClN2O. The Balaban J connectivity index is 1.81. The van der Waals surface area contributed by atoms with Crippen molar-refractivity contribution in [2.24, 2.45) is 0 Å². The molecule has 1 aliphatic rings. The number of nitrogens with one attached hydrogen (secondary N) is 2. The van der Waals surface area contributed by atoms with Gasteiger partial charge >= 0.3 is 0 Å². The summed E-state index contributed by atoms with van der Waals surface area (Å²) in [6, 6.07) is 15.9. The first-order chi connectivity index (χ1) is 11.1. The molecule has 2 aromatic carbocycles. The van der Waals surface area contributed by atoms with E-state index < -0.39 is 0 Å². The van der Waals surface area contributed by atoms with Crippen LogP contribution in [0.1, 0.15) is 31.4 Å². The molecule has 0 saturated carbocycles. The van der Waals surface area contributed by atoms with Crippen LogP contribution < -0.4 is 10.6 Å². The largest absolute Gasteiger partial charge is 0.348 e. The highest BCUT2D eigenvalue weighted by molar-refractivity contribution is 6.30. The summed E-state index contributed by atoms with van der Waals surface area (Å²) in [5, 5.41) is 7.09. The lowest BCUT2D eigenvalue weighted by molar-refractivity contribution is -0.123. The molecule has 3 nitrogen and oxygen atoms in total. The molecule has 1 saturated heterocycles. The minimum atomic E-state index is -0.0554. The normalized spacial score (nSPS) is 18.6. The number of carbonyl (C=O) groups is 1. The van der Waals surface area contributed by atoms with E-state index in [1.807, 2.05) is 43.3 Å². The van der Waals surface area contributed by atoms with E-state index in [-0.39, 0.29) is 18.0 Å². The van der Waals surface area contributed by atoms with Crippen molar-refractivity contribution in [2.75, 3.05) is 6.54 Å². The Morgan fingerprint density at radius 2 is 1.96 bits per heavy atom. The van der Waals surface area contributed by atoms with Crippen molar-refractivity contribution in [1.82, 2.24) is 10.6 Å². The molecule has 1 amide bonds. The van der Waals surface area contributed by atoms with Crippen LogP contribution in [-0.4, -0.2) is 18.5 Å². The first-order valence-corrected chi connectivity index (χ1v) is 8.41. The van der Waals surface area contributed by atoms with Gasteiger partial charge in [0.2, 0.25) is 5.91 Å². The van der Waals surface area contributed by atoms with Gasteiger partial charge in [-0.05, 0) is 55.1 Å². The van der Waals surface area contributed by atoms with Crippen LogP contribution in [0, 0.1) is 0 Å². The van der Waals surface area contributed by atoms with Crippen molar-refractivity contribution in [3.05, 3.63) is 59.1 Å². The highest BCUT2D eigenvalue weighted by Crippen LogP contribution is 2.29. The first kappa shape index (κ1) is 16.0.